The molecule has 1 amide bonds. The van der Waals surface area contributed by atoms with E-state index in [-0.39, 0.29) is 13.0 Å². The van der Waals surface area contributed by atoms with E-state index in [2.05, 4.69) is 11.4 Å². The molecule has 2 aromatic carbocycles. The van der Waals surface area contributed by atoms with Crippen LogP contribution in [0.4, 0.5) is 4.39 Å². The Labute approximate surface area is 212 Å². The lowest BCUT2D eigenvalue weighted by Crippen LogP contribution is -2.45. The zero-order valence-corrected chi connectivity index (χ0v) is 21.2. The van der Waals surface area contributed by atoms with Crippen molar-refractivity contribution in [2.24, 2.45) is 11.1 Å². The van der Waals surface area contributed by atoms with Crippen molar-refractivity contribution in [3.63, 3.8) is 0 Å². The zero-order valence-electron chi connectivity index (χ0n) is 21.2. The maximum atomic E-state index is 14.0. The number of nitrogens with two attached hydrogens (primary N) is 1. The first-order valence-electron chi connectivity index (χ1n) is 11.9. The molecule has 1 heterocycles. The molecule has 3 N–H and O–H groups in total. The molecule has 1 aromatic heterocycles. The van der Waals surface area contributed by atoms with Crippen LogP contribution in [0, 0.1) is 16.7 Å². The van der Waals surface area contributed by atoms with Gasteiger partial charge < -0.3 is 20.4 Å². The molecule has 7 nitrogen and oxygen atoms in total. The first-order valence-corrected chi connectivity index (χ1v) is 11.9. The number of alkyl halides is 1. The summed E-state index contributed by atoms with van der Waals surface area (Å²) in [5, 5.41) is 12.2. The summed E-state index contributed by atoms with van der Waals surface area (Å²) >= 11 is 0. The third-order valence-corrected chi connectivity index (χ3v) is 6.03. The third-order valence-electron chi connectivity index (χ3n) is 6.03. The number of halogens is 1. The number of carbonyl (C=O) groups excluding carboxylic acids is 1. The summed E-state index contributed by atoms with van der Waals surface area (Å²) in [6.45, 7) is 6.42. The summed E-state index contributed by atoms with van der Waals surface area (Å²) in [7, 11) is 1.39. The van der Waals surface area contributed by atoms with Gasteiger partial charge in [-0.2, -0.15) is 5.26 Å². The molecule has 8 heteroatoms. The summed E-state index contributed by atoms with van der Waals surface area (Å²) in [6.07, 6.45) is -0.472. The topological polar surface area (TPSA) is 106 Å². The number of nitriles is 1. The molecular weight excluding hydrogens is 457 g/mol. The molecule has 0 saturated heterocycles. The van der Waals surface area contributed by atoms with Gasteiger partial charge in [-0.3, -0.25) is 4.79 Å². The summed E-state index contributed by atoms with van der Waals surface area (Å²) in [5.74, 6) is 0.257. The number of rotatable bonds is 10. The fraction of sp³-hybridized carbons (Fsp3) is 0.393. The predicted octanol–water partition coefficient (Wildman–Crippen LogP) is 4.38. The Morgan fingerprint density at radius 1 is 1.19 bits per heavy atom. The molecule has 0 aliphatic carbocycles. The van der Waals surface area contributed by atoms with Gasteiger partial charge in [-0.25, -0.2) is 9.37 Å². The van der Waals surface area contributed by atoms with Crippen LogP contribution in [0.1, 0.15) is 50.2 Å². The standard InChI is InChI=1S/C28H34FN5O2/c1-28(2,3)25(33-27(35)24(36-4)14-22(29)16-31)26-32-23(21-12-10-19(15-30)11-13-21)18-34(26)17-20-8-6-5-7-9-20/h5-13,18,22,24-25H,14,16-17,31H2,1-4H3,(H,33,35)/t22-,24?,25+/m1/s1. The smallest absolute Gasteiger partial charge is 0.249 e. The Morgan fingerprint density at radius 2 is 1.86 bits per heavy atom. The summed E-state index contributed by atoms with van der Waals surface area (Å²) in [4.78, 5) is 18.1. The average Bonchev–Trinajstić information content (AvgIpc) is 3.28. The molecule has 36 heavy (non-hydrogen) atoms. The van der Waals surface area contributed by atoms with E-state index < -0.39 is 29.6 Å². The van der Waals surface area contributed by atoms with Crippen LogP contribution in [0.5, 0.6) is 0 Å². The van der Waals surface area contributed by atoms with Crippen LogP contribution < -0.4 is 11.1 Å². The zero-order chi connectivity index (χ0) is 26.3. The first kappa shape index (κ1) is 27.1. The summed E-state index contributed by atoms with van der Waals surface area (Å²) < 4.78 is 21.3. The number of aromatic nitrogens is 2. The molecule has 3 rings (SSSR count). The maximum Gasteiger partial charge on any atom is 0.249 e. The van der Waals surface area contributed by atoms with E-state index >= 15 is 0 Å². The van der Waals surface area contributed by atoms with Gasteiger partial charge in [-0.05, 0) is 23.1 Å². The monoisotopic (exact) mass is 491 g/mol. The number of benzene rings is 2. The number of imidazole rings is 1. The van der Waals surface area contributed by atoms with Crippen LogP contribution in [0.15, 0.2) is 60.8 Å². The van der Waals surface area contributed by atoms with Gasteiger partial charge in [0.05, 0.1) is 23.4 Å². The lowest BCUT2D eigenvalue weighted by Gasteiger charge is -2.32. The highest BCUT2D eigenvalue weighted by Gasteiger charge is 2.34. The fourth-order valence-corrected chi connectivity index (χ4v) is 3.96. The third kappa shape index (κ3) is 6.78. The molecule has 190 valence electrons. The van der Waals surface area contributed by atoms with Crippen LogP contribution in [0.2, 0.25) is 0 Å². The van der Waals surface area contributed by atoms with Crippen molar-refractivity contribution in [2.45, 2.75) is 52.1 Å². The minimum Gasteiger partial charge on any atom is -0.372 e. The second kappa shape index (κ2) is 11.9. The van der Waals surface area contributed by atoms with Crippen LogP contribution in [-0.2, 0) is 16.1 Å². The van der Waals surface area contributed by atoms with E-state index in [1.54, 1.807) is 12.1 Å². The van der Waals surface area contributed by atoms with Gasteiger partial charge in [0.15, 0.2) is 0 Å². The van der Waals surface area contributed by atoms with Crippen molar-refractivity contribution >= 4 is 5.91 Å². The van der Waals surface area contributed by atoms with Gasteiger partial charge in [-0.15, -0.1) is 0 Å². The van der Waals surface area contributed by atoms with Gasteiger partial charge in [-0.1, -0.05) is 63.2 Å². The van der Waals surface area contributed by atoms with Crippen LogP contribution >= 0.6 is 0 Å². The number of methoxy groups -OCH3 is 1. The van der Waals surface area contributed by atoms with Gasteiger partial charge in [0.2, 0.25) is 5.91 Å². The van der Waals surface area contributed by atoms with Crippen molar-refractivity contribution in [1.82, 2.24) is 14.9 Å². The summed E-state index contributed by atoms with van der Waals surface area (Å²) in [5.41, 5.74) is 8.23. The van der Waals surface area contributed by atoms with Crippen molar-refractivity contribution in [3.05, 3.63) is 77.7 Å². The van der Waals surface area contributed by atoms with Gasteiger partial charge in [0.25, 0.3) is 0 Å². The largest absolute Gasteiger partial charge is 0.372 e. The highest BCUT2D eigenvalue weighted by Crippen LogP contribution is 2.34. The van der Waals surface area contributed by atoms with Crippen molar-refractivity contribution in [1.29, 1.82) is 5.26 Å². The van der Waals surface area contributed by atoms with Crippen LogP contribution in [0.25, 0.3) is 11.3 Å². The Morgan fingerprint density at radius 3 is 2.42 bits per heavy atom. The quantitative estimate of drug-likeness (QED) is 0.438. The Hall–Kier alpha value is -3.54. The van der Waals surface area contributed by atoms with E-state index in [4.69, 9.17) is 20.7 Å². The maximum absolute atomic E-state index is 14.0. The number of ether oxygens (including phenoxy) is 1. The normalized spacial score (nSPS) is 14.0. The van der Waals surface area contributed by atoms with E-state index in [0.29, 0.717) is 17.9 Å². The molecule has 3 aromatic rings. The highest BCUT2D eigenvalue weighted by atomic mass is 19.1. The number of nitrogens with one attached hydrogen (secondary N) is 1. The van der Waals surface area contributed by atoms with Crippen molar-refractivity contribution in [3.8, 4) is 17.3 Å². The van der Waals surface area contributed by atoms with Crippen LogP contribution in [-0.4, -0.2) is 41.4 Å². The van der Waals surface area contributed by atoms with E-state index in [0.717, 1.165) is 16.8 Å². The SMILES string of the molecule is COC(C[C@@H](F)CN)C(=O)N[C@@H](c1nc(-c2ccc(C#N)cc2)cn1Cc1ccccc1)C(C)(C)C. The molecule has 0 fully saturated rings. The molecular formula is C28H34FN5O2. The second-order valence-corrected chi connectivity index (χ2v) is 9.89. The average molecular weight is 492 g/mol. The van der Waals surface area contributed by atoms with Crippen LogP contribution in [0.3, 0.4) is 0 Å². The first-order chi connectivity index (χ1) is 17.2. The molecule has 0 aliphatic heterocycles. The lowest BCUT2D eigenvalue weighted by atomic mass is 9.85. The van der Waals surface area contributed by atoms with Crippen molar-refractivity contribution in [2.75, 3.05) is 13.7 Å². The fourth-order valence-electron chi connectivity index (χ4n) is 3.96. The number of hydrogen-bond acceptors (Lipinski definition) is 5. The van der Waals surface area contributed by atoms with Gasteiger partial charge >= 0.3 is 0 Å². The Bertz CT molecular complexity index is 1180. The predicted molar refractivity (Wildman–Crippen MR) is 138 cm³/mol. The number of carbonyl (C=O) groups is 1. The number of amides is 1. The molecule has 0 aliphatic rings. The van der Waals surface area contributed by atoms with E-state index in [1.807, 2.05) is 74.0 Å². The minimum absolute atomic E-state index is 0.120. The molecule has 3 atom stereocenters. The molecule has 0 saturated carbocycles. The number of hydrogen-bond donors (Lipinski definition) is 2. The van der Waals surface area contributed by atoms with E-state index in [1.165, 1.54) is 7.11 Å². The molecule has 0 bridgehead atoms. The van der Waals surface area contributed by atoms with Gasteiger partial charge in [0.1, 0.15) is 18.1 Å². The minimum atomic E-state index is -1.34. The molecule has 1 unspecified atom stereocenters. The Kier molecular flexibility index (Phi) is 8.97. The highest BCUT2D eigenvalue weighted by molar-refractivity contribution is 5.81. The molecule has 0 radical (unpaired) electrons. The number of nitrogens with zero attached hydrogens (tertiary/aromatic N) is 3. The second-order valence-electron chi connectivity index (χ2n) is 9.89. The summed E-state index contributed by atoms with van der Waals surface area (Å²) in [6, 6.07) is 18.8. The molecule has 0 spiro atoms. The Balaban J connectivity index is 2.03. The van der Waals surface area contributed by atoms with Gasteiger partial charge in [0, 0.05) is 38.4 Å². The van der Waals surface area contributed by atoms with Crippen molar-refractivity contribution < 1.29 is 13.9 Å². The van der Waals surface area contributed by atoms with E-state index in [9.17, 15) is 9.18 Å². The lowest BCUT2D eigenvalue weighted by molar-refractivity contribution is -0.134.